The molecule has 170 valence electrons. The van der Waals surface area contributed by atoms with Crippen LogP contribution in [0.4, 0.5) is 5.69 Å². The van der Waals surface area contributed by atoms with E-state index in [1.165, 1.54) is 11.1 Å². The Balaban J connectivity index is 1.39. The van der Waals surface area contributed by atoms with Crippen LogP contribution in [0.1, 0.15) is 36.8 Å². The number of sulfonamides is 1. The fourth-order valence-electron chi connectivity index (χ4n) is 4.37. The minimum absolute atomic E-state index is 0.133. The average Bonchev–Trinajstić information content (AvgIpc) is 2.82. The summed E-state index contributed by atoms with van der Waals surface area (Å²) in [6.07, 6.45) is 5.94. The van der Waals surface area contributed by atoms with Gasteiger partial charge in [0.25, 0.3) is 0 Å². The molecule has 1 saturated heterocycles. The van der Waals surface area contributed by atoms with Crippen molar-refractivity contribution in [1.82, 2.24) is 9.21 Å². The van der Waals surface area contributed by atoms with Crippen LogP contribution in [0.3, 0.4) is 0 Å². The highest BCUT2D eigenvalue weighted by Gasteiger charge is 2.27. The second-order valence-corrected chi connectivity index (χ2v) is 10.5. The Labute approximate surface area is 191 Å². The maximum absolute atomic E-state index is 13.1. The molecule has 4 rings (SSSR count). The lowest BCUT2D eigenvalue weighted by atomic mass is 10.00. The third kappa shape index (κ3) is 5.28. The Morgan fingerprint density at radius 3 is 2.44 bits per heavy atom. The number of rotatable bonds is 6. The van der Waals surface area contributed by atoms with Gasteiger partial charge >= 0.3 is 0 Å². The molecule has 1 N–H and O–H groups in total. The van der Waals surface area contributed by atoms with Crippen molar-refractivity contribution in [3.05, 3.63) is 65.7 Å². The predicted octanol–water partition coefficient (Wildman–Crippen LogP) is 3.90. The Morgan fingerprint density at radius 1 is 1.00 bits per heavy atom. The first-order valence-corrected chi connectivity index (χ1v) is 12.7. The van der Waals surface area contributed by atoms with E-state index >= 15 is 0 Å². The van der Waals surface area contributed by atoms with Gasteiger partial charge < -0.3 is 5.32 Å². The van der Waals surface area contributed by atoms with Gasteiger partial charge in [-0.2, -0.15) is 4.31 Å². The summed E-state index contributed by atoms with van der Waals surface area (Å²) in [6.45, 7) is 4.74. The second kappa shape index (κ2) is 9.98. The predicted molar refractivity (Wildman–Crippen MR) is 128 cm³/mol. The van der Waals surface area contributed by atoms with Gasteiger partial charge in [0.05, 0.1) is 11.4 Å². The first-order chi connectivity index (χ1) is 15.4. The first kappa shape index (κ1) is 22.7. The van der Waals surface area contributed by atoms with E-state index in [4.69, 9.17) is 0 Å². The van der Waals surface area contributed by atoms with Crippen molar-refractivity contribution in [3.8, 4) is 0 Å². The van der Waals surface area contributed by atoms with Crippen LogP contribution in [0.2, 0.25) is 0 Å². The SMILES string of the molecule is Cc1ccc(NC(=O)CN2CC=C(c3ccccc3)CC2)cc1S(=O)(=O)N1CCCCC1. The van der Waals surface area contributed by atoms with Crippen molar-refractivity contribution < 1.29 is 13.2 Å². The molecule has 2 aliphatic heterocycles. The van der Waals surface area contributed by atoms with Gasteiger partial charge in [-0.25, -0.2) is 8.42 Å². The first-order valence-electron chi connectivity index (χ1n) is 11.3. The number of amides is 1. The molecule has 1 fully saturated rings. The van der Waals surface area contributed by atoms with Crippen LogP contribution in [0, 0.1) is 6.92 Å². The van der Waals surface area contributed by atoms with Crippen molar-refractivity contribution in [3.63, 3.8) is 0 Å². The summed E-state index contributed by atoms with van der Waals surface area (Å²) in [6, 6.07) is 15.4. The highest BCUT2D eigenvalue weighted by Crippen LogP contribution is 2.26. The summed E-state index contributed by atoms with van der Waals surface area (Å²) in [5.41, 5.74) is 3.77. The zero-order valence-electron chi connectivity index (χ0n) is 18.6. The van der Waals surface area contributed by atoms with Gasteiger partial charge in [0.15, 0.2) is 0 Å². The average molecular weight is 454 g/mol. The third-order valence-electron chi connectivity index (χ3n) is 6.21. The molecular formula is C25H31N3O3S. The lowest BCUT2D eigenvalue weighted by Gasteiger charge is -2.27. The standard InChI is InChI=1S/C25H31N3O3S/c1-20-10-11-23(18-24(20)32(30,31)28-14-6-3-7-15-28)26-25(29)19-27-16-12-22(13-17-27)21-8-4-2-5-9-21/h2,4-5,8-12,18H,3,6-7,13-17,19H2,1H3,(H,26,29). The van der Waals surface area contributed by atoms with Crippen LogP contribution in [-0.2, 0) is 14.8 Å². The zero-order valence-corrected chi connectivity index (χ0v) is 19.4. The lowest BCUT2D eigenvalue weighted by molar-refractivity contribution is -0.117. The second-order valence-electron chi connectivity index (χ2n) is 8.57. The van der Waals surface area contributed by atoms with E-state index in [1.807, 2.05) is 18.2 Å². The fourth-order valence-corrected chi connectivity index (χ4v) is 6.14. The summed E-state index contributed by atoms with van der Waals surface area (Å²) in [5.74, 6) is -0.133. The molecule has 0 bridgehead atoms. The van der Waals surface area contributed by atoms with Crippen molar-refractivity contribution in [1.29, 1.82) is 0 Å². The molecule has 6 nitrogen and oxygen atoms in total. The molecule has 2 aromatic rings. The number of carbonyl (C=O) groups excluding carboxylic acids is 1. The number of aryl methyl sites for hydroxylation is 1. The Hall–Kier alpha value is -2.48. The molecule has 2 heterocycles. The minimum atomic E-state index is -3.55. The summed E-state index contributed by atoms with van der Waals surface area (Å²) >= 11 is 0. The molecule has 0 radical (unpaired) electrons. The number of nitrogens with zero attached hydrogens (tertiary/aromatic N) is 2. The zero-order chi connectivity index (χ0) is 22.6. The van der Waals surface area contributed by atoms with Crippen LogP contribution in [-0.4, -0.2) is 56.3 Å². The van der Waals surface area contributed by atoms with E-state index in [0.29, 0.717) is 24.3 Å². The van der Waals surface area contributed by atoms with E-state index < -0.39 is 10.0 Å². The Bertz CT molecular complexity index is 1090. The monoisotopic (exact) mass is 453 g/mol. The van der Waals surface area contributed by atoms with Crippen molar-refractivity contribution >= 4 is 27.2 Å². The summed E-state index contributed by atoms with van der Waals surface area (Å²) in [4.78, 5) is 15.0. The minimum Gasteiger partial charge on any atom is -0.325 e. The fraction of sp³-hybridized carbons (Fsp3) is 0.400. The molecule has 2 aromatic carbocycles. The van der Waals surface area contributed by atoms with Crippen LogP contribution >= 0.6 is 0 Å². The lowest BCUT2D eigenvalue weighted by Crippen LogP contribution is -2.36. The number of anilines is 1. The van der Waals surface area contributed by atoms with Crippen LogP contribution < -0.4 is 5.32 Å². The van der Waals surface area contributed by atoms with Crippen LogP contribution in [0.15, 0.2) is 59.5 Å². The molecule has 0 aromatic heterocycles. The van der Waals surface area contributed by atoms with Crippen molar-refractivity contribution in [2.75, 3.05) is 38.0 Å². The smallest absolute Gasteiger partial charge is 0.243 e. The molecule has 2 aliphatic rings. The number of piperidine rings is 1. The number of hydrogen-bond acceptors (Lipinski definition) is 4. The maximum Gasteiger partial charge on any atom is 0.243 e. The molecular weight excluding hydrogens is 422 g/mol. The van der Waals surface area contributed by atoms with Gasteiger partial charge in [0, 0.05) is 31.9 Å². The number of hydrogen-bond donors (Lipinski definition) is 1. The largest absolute Gasteiger partial charge is 0.325 e. The van der Waals surface area contributed by atoms with E-state index in [9.17, 15) is 13.2 Å². The number of benzene rings is 2. The van der Waals surface area contributed by atoms with Gasteiger partial charge in [-0.05, 0) is 55.0 Å². The van der Waals surface area contributed by atoms with E-state index in [0.717, 1.165) is 38.8 Å². The van der Waals surface area contributed by atoms with Gasteiger partial charge in [0.2, 0.25) is 15.9 Å². The molecule has 32 heavy (non-hydrogen) atoms. The van der Waals surface area contributed by atoms with Crippen LogP contribution in [0.25, 0.3) is 5.57 Å². The molecule has 0 atom stereocenters. The molecule has 0 saturated carbocycles. The molecule has 1 amide bonds. The summed E-state index contributed by atoms with van der Waals surface area (Å²) in [7, 11) is -3.55. The Morgan fingerprint density at radius 2 is 1.75 bits per heavy atom. The van der Waals surface area contributed by atoms with Gasteiger partial charge in [-0.15, -0.1) is 0 Å². The number of carbonyl (C=O) groups is 1. The van der Waals surface area contributed by atoms with Gasteiger partial charge in [-0.1, -0.05) is 48.9 Å². The van der Waals surface area contributed by atoms with E-state index in [2.05, 4.69) is 28.4 Å². The highest BCUT2D eigenvalue weighted by molar-refractivity contribution is 7.89. The van der Waals surface area contributed by atoms with Gasteiger partial charge in [0.1, 0.15) is 0 Å². The quantitative estimate of drug-likeness (QED) is 0.720. The number of nitrogens with one attached hydrogen (secondary N) is 1. The topological polar surface area (TPSA) is 69.7 Å². The van der Waals surface area contributed by atoms with Crippen LogP contribution in [0.5, 0.6) is 0 Å². The summed E-state index contributed by atoms with van der Waals surface area (Å²) in [5, 5.41) is 2.89. The van der Waals surface area contributed by atoms with E-state index in [-0.39, 0.29) is 17.3 Å². The molecule has 7 heteroatoms. The van der Waals surface area contributed by atoms with Crippen molar-refractivity contribution in [2.24, 2.45) is 0 Å². The molecule has 0 spiro atoms. The molecule has 0 unspecified atom stereocenters. The normalized spacial score (nSPS) is 18.2. The molecule has 0 aliphatic carbocycles. The third-order valence-corrected chi connectivity index (χ3v) is 8.25. The van der Waals surface area contributed by atoms with Gasteiger partial charge in [-0.3, -0.25) is 9.69 Å². The maximum atomic E-state index is 13.1. The van der Waals surface area contributed by atoms with E-state index in [1.54, 1.807) is 29.4 Å². The Kier molecular flexibility index (Phi) is 7.08. The summed E-state index contributed by atoms with van der Waals surface area (Å²) < 4.78 is 27.8. The highest BCUT2D eigenvalue weighted by atomic mass is 32.2. The van der Waals surface area contributed by atoms with Crippen molar-refractivity contribution in [2.45, 2.75) is 37.5 Å².